The number of carbonyl (C=O) groups is 1. The summed E-state index contributed by atoms with van der Waals surface area (Å²) in [6.07, 6.45) is 5.79. The lowest BCUT2D eigenvalue weighted by molar-refractivity contribution is -0.132. The molecule has 7 heteroatoms. The number of halogens is 2. The highest BCUT2D eigenvalue weighted by molar-refractivity contribution is 6.30. The molecule has 2 aliphatic rings. The molecule has 5 nitrogen and oxygen atoms in total. The van der Waals surface area contributed by atoms with Crippen molar-refractivity contribution in [2.45, 2.75) is 19.0 Å². The maximum absolute atomic E-state index is 13.8. The zero-order chi connectivity index (χ0) is 18.3. The largest absolute Gasteiger partial charge is 0.337 e. The number of imidazole rings is 1. The first-order valence-electron chi connectivity index (χ1n) is 8.63. The number of nitrogens with zero attached hydrogens (tertiary/aromatic N) is 4. The van der Waals surface area contributed by atoms with Crippen molar-refractivity contribution in [3.63, 3.8) is 0 Å². The normalized spacial score (nSPS) is 19.8. The number of aryl methyl sites for hydroxylation is 1. The van der Waals surface area contributed by atoms with Crippen LogP contribution in [0, 0.1) is 5.82 Å². The third-order valence-electron chi connectivity index (χ3n) is 5.02. The third-order valence-corrected chi connectivity index (χ3v) is 5.33. The topological polar surface area (TPSA) is 41.4 Å². The molecule has 1 atom stereocenters. The molecule has 26 heavy (non-hydrogen) atoms. The van der Waals surface area contributed by atoms with Crippen molar-refractivity contribution in [3.05, 3.63) is 64.5 Å². The Morgan fingerprint density at radius 3 is 2.85 bits per heavy atom. The lowest BCUT2D eigenvalue weighted by Crippen LogP contribution is -2.43. The SMILES string of the molecule is Cn1cnc2c1[C@H](C(=O)N1CC=CC1)CN(Cc1ccc(Cl)c(F)c1)C2. The van der Waals surface area contributed by atoms with Crippen LogP contribution in [0.3, 0.4) is 0 Å². The van der Waals surface area contributed by atoms with Crippen LogP contribution < -0.4 is 0 Å². The van der Waals surface area contributed by atoms with Gasteiger partial charge in [-0.25, -0.2) is 9.37 Å². The van der Waals surface area contributed by atoms with E-state index in [1.165, 1.54) is 6.07 Å². The summed E-state index contributed by atoms with van der Waals surface area (Å²) in [6, 6.07) is 4.85. The maximum Gasteiger partial charge on any atom is 0.233 e. The zero-order valence-corrected chi connectivity index (χ0v) is 15.3. The van der Waals surface area contributed by atoms with Gasteiger partial charge in [-0.3, -0.25) is 9.69 Å². The fourth-order valence-electron chi connectivity index (χ4n) is 3.77. The summed E-state index contributed by atoms with van der Waals surface area (Å²) >= 11 is 5.77. The van der Waals surface area contributed by atoms with E-state index in [0.717, 1.165) is 17.0 Å². The van der Waals surface area contributed by atoms with E-state index in [1.54, 1.807) is 12.4 Å². The lowest BCUT2D eigenvalue weighted by Gasteiger charge is -2.34. The number of benzene rings is 1. The molecule has 0 spiro atoms. The van der Waals surface area contributed by atoms with Crippen molar-refractivity contribution in [3.8, 4) is 0 Å². The molecule has 4 rings (SSSR count). The second kappa shape index (κ2) is 6.85. The van der Waals surface area contributed by atoms with E-state index in [2.05, 4.69) is 9.88 Å². The van der Waals surface area contributed by atoms with E-state index in [4.69, 9.17) is 11.6 Å². The van der Waals surface area contributed by atoms with Gasteiger partial charge in [0, 0.05) is 39.8 Å². The van der Waals surface area contributed by atoms with Crippen LogP contribution in [0.15, 0.2) is 36.7 Å². The summed E-state index contributed by atoms with van der Waals surface area (Å²) in [6.45, 7) is 3.09. The second-order valence-corrected chi connectivity index (χ2v) is 7.28. The van der Waals surface area contributed by atoms with Crippen molar-refractivity contribution in [1.82, 2.24) is 19.4 Å². The number of amides is 1. The summed E-state index contributed by atoms with van der Waals surface area (Å²) in [5.41, 5.74) is 2.74. The van der Waals surface area contributed by atoms with Gasteiger partial charge in [-0.05, 0) is 17.7 Å². The molecule has 136 valence electrons. The van der Waals surface area contributed by atoms with Gasteiger partial charge in [0.2, 0.25) is 5.91 Å². The molecule has 0 unspecified atom stereocenters. The Bertz CT molecular complexity index is 870. The number of hydrogen-bond donors (Lipinski definition) is 0. The van der Waals surface area contributed by atoms with Crippen LogP contribution in [0.2, 0.25) is 5.02 Å². The van der Waals surface area contributed by atoms with E-state index in [0.29, 0.717) is 32.7 Å². The van der Waals surface area contributed by atoms with Crippen molar-refractivity contribution >= 4 is 17.5 Å². The highest BCUT2D eigenvalue weighted by Gasteiger charge is 2.36. The molecule has 0 aliphatic carbocycles. The van der Waals surface area contributed by atoms with E-state index in [9.17, 15) is 9.18 Å². The highest BCUT2D eigenvalue weighted by Crippen LogP contribution is 2.30. The van der Waals surface area contributed by atoms with E-state index in [1.807, 2.05) is 34.7 Å². The van der Waals surface area contributed by atoms with Gasteiger partial charge < -0.3 is 9.47 Å². The fraction of sp³-hybridized carbons (Fsp3) is 0.368. The van der Waals surface area contributed by atoms with Crippen molar-refractivity contribution in [2.75, 3.05) is 19.6 Å². The molecular formula is C19H20ClFN4O. The lowest BCUT2D eigenvalue weighted by atomic mass is 9.96. The maximum atomic E-state index is 13.8. The number of rotatable bonds is 3. The van der Waals surface area contributed by atoms with E-state index >= 15 is 0 Å². The molecule has 0 radical (unpaired) electrons. The first-order valence-corrected chi connectivity index (χ1v) is 9.01. The molecule has 0 N–H and O–H groups in total. The first kappa shape index (κ1) is 17.2. The molecule has 2 aromatic rings. The highest BCUT2D eigenvalue weighted by atomic mass is 35.5. The first-order chi connectivity index (χ1) is 12.5. The van der Waals surface area contributed by atoms with Crippen LogP contribution in [-0.2, 0) is 24.9 Å². The zero-order valence-electron chi connectivity index (χ0n) is 14.5. The molecule has 1 aromatic heterocycles. The Morgan fingerprint density at radius 2 is 2.12 bits per heavy atom. The van der Waals surface area contributed by atoms with Crippen LogP contribution in [0.5, 0.6) is 0 Å². The van der Waals surface area contributed by atoms with E-state index in [-0.39, 0.29) is 16.8 Å². The van der Waals surface area contributed by atoms with Gasteiger partial charge in [0.05, 0.1) is 28.7 Å². The molecular weight excluding hydrogens is 355 g/mol. The Morgan fingerprint density at radius 1 is 1.35 bits per heavy atom. The number of aromatic nitrogens is 2. The van der Waals surface area contributed by atoms with Crippen molar-refractivity contribution in [1.29, 1.82) is 0 Å². The molecule has 3 heterocycles. The summed E-state index contributed by atoms with van der Waals surface area (Å²) < 4.78 is 15.7. The molecule has 1 aromatic carbocycles. The van der Waals surface area contributed by atoms with E-state index < -0.39 is 5.82 Å². The summed E-state index contributed by atoms with van der Waals surface area (Å²) in [7, 11) is 1.93. The number of fused-ring (bicyclic) bond motifs is 1. The van der Waals surface area contributed by atoms with Crippen LogP contribution >= 0.6 is 11.6 Å². The molecule has 2 aliphatic heterocycles. The molecule has 0 fully saturated rings. The van der Waals surface area contributed by atoms with Gasteiger partial charge >= 0.3 is 0 Å². The minimum Gasteiger partial charge on any atom is -0.337 e. The Hall–Kier alpha value is -2.18. The van der Waals surface area contributed by atoms with Gasteiger partial charge in [-0.1, -0.05) is 29.8 Å². The molecule has 1 amide bonds. The minimum atomic E-state index is -0.421. The molecule has 0 saturated carbocycles. The number of carbonyl (C=O) groups excluding carboxylic acids is 1. The standard InChI is InChI=1S/C19H20ClFN4O/c1-23-12-22-17-11-24(9-13-4-5-15(20)16(21)8-13)10-14(18(17)23)19(26)25-6-2-3-7-25/h2-5,8,12,14H,6-7,9-11H2,1H3/t14-/m1/s1. The monoisotopic (exact) mass is 374 g/mol. The van der Waals surface area contributed by atoms with Crippen LogP contribution in [-0.4, -0.2) is 44.9 Å². The Labute approximate surface area is 156 Å². The van der Waals surface area contributed by atoms with Crippen LogP contribution in [0.25, 0.3) is 0 Å². The van der Waals surface area contributed by atoms with Gasteiger partial charge in [-0.15, -0.1) is 0 Å². The quantitative estimate of drug-likeness (QED) is 0.776. The predicted molar refractivity (Wildman–Crippen MR) is 97.2 cm³/mol. The third kappa shape index (κ3) is 3.15. The Kier molecular flexibility index (Phi) is 4.54. The van der Waals surface area contributed by atoms with Crippen molar-refractivity contribution < 1.29 is 9.18 Å². The van der Waals surface area contributed by atoms with Gasteiger partial charge in [-0.2, -0.15) is 0 Å². The average Bonchev–Trinajstić information content (AvgIpc) is 3.27. The average molecular weight is 375 g/mol. The predicted octanol–water partition coefficient (Wildman–Crippen LogP) is 2.71. The van der Waals surface area contributed by atoms with Crippen LogP contribution in [0.1, 0.15) is 22.9 Å². The summed E-state index contributed by atoms with van der Waals surface area (Å²) in [5.74, 6) is -0.564. The van der Waals surface area contributed by atoms with Crippen LogP contribution in [0.4, 0.5) is 4.39 Å². The second-order valence-electron chi connectivity index (χ2n) is 6.87. The summed E-state index contributed by atoms with van der Waals surface area (Å²) in [4.78, 5) is 21.5. The van der Waals surface area contributed by atoms with Gasteiger partial charge in [0.15, 0.2) is 0 Å². The molecule has 0 bridgehead atoms. The Balaban J connectivity index is 1.58. The van der Waals surface area contributed by atoms with Gasteiger partial charge in [0.1, 0.15) is 5.82 Å². The smallest absolute Gasteiger partial charge is 0.233 e. The number of hydrogen-bond acceptors (Lipinski definition) is 3. The summed E-state index contributed by atoms with van der Waals surface area (Å²) in [5, 5.41) is 0.119. The van der Waals surface area contributed by atoms with Crippen molar-refractivity contribution in [2.24, 2.45) is 7.05 Å². The van der Waals surface area contributed by atoms with Gasteiger partial charge in [0.25, 0.3) is 0 Å². The molecule has 0 saturated heterocycles. The minimum absolute atomic E-state index is 0.117. The fourth-order valence-corrected chi connectivity index (χ4v) is 3.89.